The predicted octanol–water partition coefficient (Wildman–Crippen LogP) is 1.35. The summed E-state index contributed by atoms with van der Waals surface area (Å²) in [6.45, 7) is 8.75. The van der Waals surface area contributed by atoms with Gasteiger partial charge < -0.3 is 10.2 Å². The number of halogens is 1. The molecule has 104 valence electrons. The topological polar surface area (TPSA) is 49.4 Å². The SMILES string of the molecule is CC(C)C1C(=O)NC(C(C)(C)C)C(=O)N1CCF. The first kappa shape index (κ1) is 14.9. The van der Waals surface area contributed by atoms with Gasteiger partial charge in [-0.25, -0.2) is 4.39 Å². The van der Waals surface area contributed by atoms with Gasteiger partial charge in [0.1, 0.15) is 18.8 Å². The highest BCUT2D eigenvalue weighted by Crippen LogP contribution is 2.27. The van der Waals surface area contributed by atoms with Crippen molar-refractivity contribution in [1.29, 1.82) is 0 Å². The van der Waals surface area contributed by atoms with Crippen LogP contribution in [0.1, 0.15) is 34.6 Å². The van der Waals surface area contributed by atoms with Gasteiger partial charge in [-0.05, 0) is 11.3 Å². The monoisotopic (exact) mass is 258 g/mol. The summed E-state index contributed by atoms with van der Waals surface area (Å²) >= 11 is 0. The van der Waals surface area contributed by atoms with Crippen LogP contribution in [0.3, 0.4) is 0 Å². The third-order valence-electron chi connectivity index (χ3n) is 3.24. The molecular weight excluding hydrogens is 235 g/mol. The number of piperazine rings is 1. The Balaban J connectivity index is 3.05. The number of nitrogens with one attached hydrogen (secondary N) is 1. The summed E-state index contributed by atoms with van der Waals surface area (Å²) < 4.78 is 12.6. The molecule has 1 N–H and O–H groups in total. The van der Waals surface area contributed by atoms with Crippen LogP contribution in [-0.4, -0.2) is 42.0 Å². The van der Waals surface area contributed by atoms with Crippen LogP contribution in [-0.2, 0) is 9.59 Å². The van der Waals surface area contributed by atoms with Crippen molar-refractivity contribution in [3.05, 3.63) is 0 Å². The van der Waals surface area contributed by atoms with E-state index in [1.54, 1.807) is 0 Å². The summed E-state index contributed by atoms with van der Waals surface area (Å²) in [5, 5.41) is 2.77. The molecule has 1 rings (SSSR count). The van der Waals surface area contributed by atoms with Crippen LogP contribution in [0.5, 0.6) is 0 Å². The molecule has 0 bridgehead atoms. The zero-order valence-electron chi connectivity index (χ0n) is 11.8. The molecule has 1 fully saturated rings. The van der Waals surface area contributed by atoms with E-state index < -0.39 is 18.8 Å². The molecule has 0 aliphatic carbocycles. The maximum atomic E-state index is 12.6. The summed E-state index contributed by atoms with van der Waals surface area (Å²) in [6.07, 6.45) is 0. The zero-order valence-corrected chi connectivity index (χ0v) is 11.8. The van der Waals surface area contributed by atoms with E-state index in [-0.39, 0.29) is 29.7 Å². The number of alkyl halides is 1. The van der Waals surface area contributed by atoms with Crippen LogP contribution < -0.4 is 5.32 Å². The van der Waals surface area contributed by atoms with Crippen molar-refractivity contribution in [2.75, 3.05) is 13.2 Å². The van der Waals surface area contributed by atoms with Gasteiger partial charge in [-0.3, -0.25) is 9.59 Å². The Morgan fingerprint density at radius 1 is 1.33 bits per heavy atom. The van der Waals surface area contributed by atoms with Crippen molar-refractivity contribution in [1.82, 2.24) is 10.2 Å². The van der Waals surface area contributed by atoms with Gasteiger partial charge in [-0.1, -0.05) is 34.6 Å². The van der Waals surface area contributed by atoms with E-state index in [0.29, 0.717) is 0 Å². The fourth-order valence-corrected chi connectivity index (χ4v) is 2.32. The molecule has 0 aromatic carbocycles. The Morgan fingerprint density at radius 2 is 1.89 bits per heavy atom. The summed E-state index contributed by atoms with van der Waals surface area (Å²) in [5.41, 5.74) is -0.372. The maximum Gasteiger partial charge on any atom is 0.246 e. The minimum absolute atomic E-state index is 0.0122. The van der Waals surface area contributed by atoms with Gasteiger partial charge >= 0.3 is 0 Å². The van der Waals surface area contributed by atoms with Gasteiger partial charge in [-0.2, -0.15) is 0 Å². The lowest BCUT2D eigenvalue weighted by molar-refractivity contribution is -0.154. The second-order valence-electron chi connectivity index (χ2n) is 6.22. The highest BCUT2D eigenvalue weighted by Gasteiger charge is 2.45. The smallest absolute Gasteiger partial charge is 0.246 e. The Bertz CT molecular complexity index is 336. The molecule has 18 heavy (non-hydrogen) atoms. The van der Waals surface area contributed by atoms with E-state index in [1.807, 2.05) is 34.6 Å². The number of nitrogens with zero attached hydrogens (tertiary/aromatic N) is 1. The molecule has 0 saturated carbocycles. The van der Waals surface area contributed by atoms with E-state index in [2.05, 4.69) is 5.32 Å². The molecule has 1 heterocycles. The first-order chi connectivity index (χ1) is 8.20. The molecule has 1 saturated heterocycles. The van der Waals surface area contributed by atoms with E-state index in [0.717, 1.165) is 0 Å². The lowest BCUT2D eigenvalue weighted by Crippen LogP contribution is -2.68. The van der Waals surface area contributed by atoms with E-state index in [1.165, 1.54) is 4.90 Å². The number of amides is 2. The third kappa shape index (κ3) is 2.82. The molecule has 2 amide bonds. The highest BCUT2D eigenvalue weighted by atomic mass is 19.1. The van der Waals surface area contributed by atoms with Crippen LogP contribution in [0, 0.1) is 11.3 Å². The zero-order chi connectivity index (χ0) is 14.1. The van der Waals surface area contributed by atoms with Crippen molar-refractivity contribution in [3.63, 3.8) is 0 Å². The summed E-state index contributed by atoms with van der Waals surface area (Å²) in [7, 11) is 0. The average Bonchev–Trinajstić information content (AvgIpc) is 2.21. The molecule has 1 aliphatic rings. The molecule has 4 nitrogen and oxygen atoms in total. The fourth-order valence-electron chi connectivity index (χ4n) is 2.32. The molecular formula is C13H23FN2O2. The van der Waals surface area contributed by atoms with E-state index in [9.17, 15) is 14.0 Å². The Labute approximate surface area is 108 Å². The van der Waals surface area contributed by atoms with Crippen molar-refractivity contribution >= 4 is 11.8 Å². The Kier molecular flexibility index (Phi) is 4.35. The first-order valence-electron chi connectivity index (χ1n) is 6.37. The maximum absolute atomic E-state index is 12.6. The van der Waals surface area contributed by atoms with Crippen molar-refractivity contribution in [2.45, 2.75) is 46.7 Å². The van der Waals surface area contributed by atoms with Gasteiger partial charge in [0.05, 0.1) is 0 Å². The lowest BCUT2D eigenvalue weighted by Gasteiger charge is -2.44. The number of rotatable bonds is 3. The highest BCUT2D eigenvalue weighted by molar-refractivity contribution is 5.97. The van der Waals surface area contributed by atoms with Crippen LogP contribution in [0.4, 0.5) is 4.39 Å². The van der Waals surface area contributed by atoms with E-state index >= 15 is 0 Å². The largest absolute Gasteiger partial charge is 0.342 e. The van der Waals surface area contributed by atoms with Crippen LogP contribution in [0.25, 0.3) is 0 Å². The summed E-state index contributed by atoms with van der Waals surface area (Å²) in [4.78, 5) is 25.9. The normalized spacial score (nSPS) is 25.6. The minimum atomic E-state index is -0.626. The first-order valence-corrected chi connectivity index (χ1v) is 6.37. The second-order valence-corrected chi connectivity index (χ2v) is 6.22. The standard InChI is InChI=1S/C13H23FN2O2/c1-8(2)9-11(17)15-10(13(3,4)5)12(18)16(9)7-6-14/h8-10H,6-7H2,1-5H3,(H,15,17). The third-order valence-corrected chi connectivity index (χ3v) is 3.24. The van der Waals surface area contributed by atoms with Crippen molar-refractivity contribution < 1.29 is 14.0 Å². The molecule has 0 radical (unpaired) electrons. The average molecular weight is 258 g/mol. The van der Waals surface area contributed by atoms with Gasteiger partial charge in [0.15, 0.2) is 0 Å². The fraction of sp³-hybridized carbons (Fsp3) is 0.846. The van der Waals surface area contributed by atoms with Gasteiger partial charge in [-0.15, -0.1) is 0 Å². The Hall–Kier alpha value is -1.13. The lowest BCUT2D eigenvalue weighted by atomic mass is 9.83. The molecule has 0 spiro atoms. The molecule has 0 aromatic rings. The van der Waals surface area contributed by atoms with Gasteiger partial charge in [0.25, 0.3) is 0 Å². The van der Waals surface area contributed by atoms with Gasteiger partial charge in [0.2, 0.25) is 11.8 Å². The van der Waals surface area contributed by atoms with Gasteiger partial charge in [0, 0.05) is 6.54 Å². The van der Waals surface area contributed by atoms with Crippen LogP contribution in [0.15, 0.2) is 0 Å². The minimum Gasteiger partial charge on any atom is -0.342 e. The predicted molar refractivity (Wildman–Crippen MR) is 67.7 cm³/mol. The van der Waals surface area contributed by atoms with Crippen LogP contribution >= 0.6 is 0 Å². The molecule has 0 aromatic heterocycles. The number of carbonyl (C=O) groups is 2. The van der Waals surface area contributed by atoms with Crippen LogP contribution in [0.2, 0.25) is 0 Å². The summed E-state index contributed by atoms with van der Waals surface area (Å²) in [5.74, 6) is -0.391. The van der Waals surface area contributed by atoms with E-state index in [4.69, 9.17) is 0 Å². The quantitative estimate of drug-likeness (QED) is 0.831. The number of carbonyl (C=O) groups excluding carboxylic acids is 2. The molecule has 1 aliphatic heterocycles. The van der Waals surface area contributed by atoms with Crippen molar-refractivity contribution in [3.8, 4) is 0 Å². The molecule has 2 unspecified atom stereocenters. The number of hydrogen-bond acceptors (Lipinski definition) is 2. The van der Waals surface area contributed by atoms with Crippen molar-refractivity contribution in [2.24, 2.45) is 11.3 Å². The summed E-state index contributed by atoms with van der Waals surface area (Å²) in [6, 6.07) is -1.14. The number of hydrogen-bond donors (Lipinski definition) is 1. The molecule has 5 heteroatoms. The Morgan fingerprint density at radius 3 is 2.28 bits per heavy atom. The second kappa shape index (κ2) is 5.24. The molecule has 2 atom stereocenters.